The van der Waals surface area contributed by atoms with Gasteiger partial charge in [0, 0.05) is 25.5 Å². The van der Waals surface area contributed by atoms with E-state index < -0.39 is 10.0 Å². The van der Waals surface area contributed by atoms with Crippen molar-refractivity contribution >= 4 is 15.7 Å². The van der Waals surface area contributed by atoms with Crippen LogP contribution in [0.15, 0.2) is 41.4 Å². The third-order valence-corrected chi connectivity index (χ3v) is 4.87. The molecular formula is C14H19N3O2S. The number of hydrogen-bond acceptors (Lipinski definition) is 3. The summed E-state index contributed by atoms with van der Waals surface area (Å²) in [7, 11) is -0.154. The van der Waals surface area contributed by atoms with Gasteiger partial charge in [0.05, 0.1) is 5.69 Å². The molecule has 0 aliphatic carbocycles. The Kier molecular flexibility index (Phi) is 4.15. The number of hydrogen-bond donors (Lipinski definition) is 2. The van der Waals surface area contributed by atoms with Crippen molar-refractivity contribution in [2.45, 2.75) is 18.4 Å². The summed E-state index contributed by atoms with van der Waals surface area (Å²) < 4.78 is 26.4. The summed E-state index contributed by atoms with van der Waals surface area (Å²) in [6.45, 7) is 2.54. The fourth-order valence-corrected chi connectivity index (χ4v) is 3.19. The molecular weight excluding hydrogens is 274 g/mol. The zero-order valence-electron chi connectivity index (χ0n) is 11.8. The molecule has 20 heavy (non-hydrogen) atoms. The molecule has 0 amide bonds. The second kappa shape index (κ2) is 5.68. The predicted octanol–water partition coefficient (Wildman–Crippen LogP) is 1.87. The third kappa shape index (κ3) is 2.86. The van der Waals surface area contributed by atoms with Gasteiger partial charge in [-0.3, -0.25) is 4.31 Å². The van der Waals surface area contributed by atoms with E-state index in [1.807, 2.05) is 32.2 Å². The molecule has 0 fully saturated rings. The number of benzene rings is 1. The smallest absolute Gasteiger partial charge is 0.265 e. The van der Waals surface area contributed by atoms with Crippen LogP contribution in [0.3, 0.4) is 0 Å². The molecule has 0 radical (unpaired) electrons. The number of aryl methyl sites for hydroxylation is 1. The second-order valence-corrected chi connectivity index (χ2v) is 6.67. The Hall–Kier alpha value is -1.79. The largest absolute Gasteiger partial charge is 0.363 e. The lowest BCUT2D eigenvalue weighted by atomic mass is 10.2. The quantitative estimate of drug-likeness (QED) is 0.884. The number of rotatable bonds is 5. The molecule has 2 aromatic rings. The third-order valence-electron chi connectivity index (χ3n) is 3.11. The highest BCUT2D eigenvalue weighted by atomic mass is 32.2. The van der Waals surface area contributed by atoms with Crippen LogP contribution in [0.4, 0.5) is 5.69 Å². The van der Waals surface area contributed by atoms with Crippen LogP contribution < -0.4 is 9.62 Å². The minimum atomic E-state index is -3.53. The Labute approximate surface area is 119 Å². The van der Waals surface area contributed by atoms with Crippen molar-refractivity contribution in [1.82, 2.24) is 10.3 Å². The Balaban J connectivity index is 2.33. The van der Waals surface area contributed by atoms with Crippen LogP contribution in [0, 0.1) is 6.92 Å². The molecule has 2 rings (SSSR count). The van der Waals surface area contributed by atoms with Gasteiger partial charge in [-0.1, -0.05) is 12.1 Å². The second-order valence-electron chi connectivity index (χ2n) is 4.70. The van der Waals surface area contributed by atoms with Gasteiger partial charge in [-0.2, -0.15) is 0 Å². The lowest BCUT2D eigenvalue weighted by molar-refractivity contribution is 0.594. The zero-order chi connectivity index (χ0) is 14.8. The maximum atomic E-state index is 12.5. The van der Waals surface area contributed by atoms with E-state index in [0.29, 0.717) is 12.2 Å². The minimum absolute atomic E-state index is 0.270. The highest BCUT2D eigenvalue weighted by Gasteiger charge is 2.22. The monoisotopic (exact) mass is 293 g/mol. The predicted molar refractivity (Wildman–Crippen MR) is 80.3 cm³/mol. The van der Waals surface area contributed by atoms with Crippen LogP contribution in [-0.4, -0.2) is 27.5 Å². The summed E-state index contributed by atoms with van der Waals surface area (Å²) >= 11 is 0. The van der Waals surface area contributed by atoms with Crippen LogP contribution in [0.25, 0.3) is 0 Å². The number of aromatic amines is 1. The molecule has 0 aliphatic heterocycles. The van der Waals surface area contributed by atoms with E-state index >= 15 is 0 Å². The van der Waals surface area contributed by atoms with Crippen LogP contribution in [0.2, 0.25) is 0 Å². The van der Waals surface area contributed by atoms with E-state index in [4.69, 9.17) is 0 Å². The Bertz CT molecular complexity index is 692. The van der Waals surface area contributed by atoms with Crippen LogP contribution in [0.5, 0.6) is 0 Å². The molecule has 108 valence electrons. The van der Waals surface area contributed by atoms with Gasteiger partial charge >= 0.3 is 0 Å². The first-order chi connectivity index (χ1) is 9.45. The molecule has 1 heterocycles. The lowest BCUT2D eigenvalue weighted by Crippen LogP contribution is -2.26. The highest BCUT2D eigenvalue weighted by molar-refractivity contribution is 7.92. The molecule has 1 aromatic carbocycles. The summed E-state index contributed by atoms with van der Waals surface area (Å²) in [5.74, 6) is 0. The average molecular weight is 293 g/mol. The summed E-state index contributed by atoms with van der Waals surface area (Å²) in [6.07, 6.45) is 1.52. The molecule has 0 aliphatic rings. The standard InChI is InChI=1S/C14H19N3O2S/c1-11-5-4-6-13(7-11)17(3)20(18,19)14-8-12(9-15-2)16-10-14/h4-8,10,15-16H,9H2,1-3H3. The van der Waals surface area contributed by atoms with Crippen LogP contribution in [0.1, 0.15) is 11.3 Å². The molecule has 5 nitrogen and oxygen atoms in total. The number of sulfonamides is 1. The molecule has 0 saturated heterocycles. The fourth-order valence-electron chi connectivity index (χ4n) is 1.98. The van der Waals surface area contributed by atoms with Crippen molar-refractivity contribution in [3.8, 4) is 0 Å². The SMILES string of the molecule is CNCc1cc(S(=O)(=O)N(C)c2cccc(C)c2)c[nH]1. The van der Waals surface area contributed by atoms with Crippen molar-refractivity contribution in [2.75, 3.05) is 18.4 Å². The number of aromatic nitrogens is 1. The van der Waals surface area contributed by atoms with Crippen molar-refractivity contribution in [3.05, 3.63) is 47.8 Å². The van der Waals surface area contributed by atoms with Gasteiger partial charge in [0.15, 0.2) is 0 Å². The van der Waals surface area contributed by atoms with E-state index in [1.165, 1.54) is 10.5 Å². The van der Waals surface area contributed by atoms with Crippen molar-refractivity contribution in [1.29, 1.82) is 0 Å². The van der Waals surface area contributed by atoms with Crippen molar-refractivity contribution < 1.29 is 8.42 Å². The topological polar surface area (TPSA) is 65.2 Å². The average Bonchev–Trinajstić information content (AvgIpc) is 2.87. The van der Waals surface area contributed by atoms with Gasteiger partial charge in [-0.05, 0) is 37.7 Å². The molecule has 2 N–H and O–H groups in total. The van der Waals surface area contributed by atoms with Crippen LogP contribution in [-0.2, 0) is 16.6 Å². The van der Waals surface area contributed by atoms with E-state index in [2.05, 4.69) is 10.3 Å². The Morgan fingerprint density at radius 3 is 2.70 bits per heavy atom. The van der Waals surface area contributed by atoms with Gasteiger partial charge in [0.25, 0.3) is 10.0 Å². The lowest BCUT2D eigenvalue weighted by Gasteiger charge is -2.19. The summed E-state index contributed by atoms with van der Waals surface area (Å²) in [5.41, 5.74) is 2.51. The normalized spacial score (nSPS) is 11.6. The van der Waals surface area contributed by atoms with Crippen LogP contribution >= 0.6 is 0 Å². The first-order valence-electron chi connectivity index (χ1n) is 6.32. The fraction of sp³-hybridized carbons (Fsp3) is 0.286. The number of H-pyrrole nitrogens is 1. The molecule has 0 atom stereocenters. The molecule has 0 unspecified atom stereocenters. The van der Waals surface area contributed by atoms with Crippen molar-refractivity contribution in [3.63, 3.8) is 0 Å². The van der Waals surface area contributed by atoms with Crippen molar-refractivity contribution in [2.24, 2.45) is 0 Å². The summed E-state index contributed by atoms with van der Waals surface area (Å²) in [5, 5.41) is 2.98. The maximum absolute atomic E-state index is 12.5. The van der Waals surface area contributed by atoms with Gasteiger partial charge in [0.1, 0.15) is 4.90 Å². The molecule has 1 aromatic heterocycles. The number of nitrogens with one attached hydrogen (secondary N) is 2. The van der Waals surface area contributed by atoms with Gasteiger partial charge in [0.2, 0.25) is 0 Å². The molecule has 0 spiro atoms. The zero-order valence-corrected chi connectivity index (χ0v) is 12.7. The number of nitrogens with zero attached hydrogens (tertiary/aromatic N) is 1. The summed E-state index contributed by atoms with van der Waals surface area (Å²) in [6, 6.07) is 9.06. The first-order valence-corrected chi connectivity index (χ1v) is 7.76. The van der Waals surface area contributed by atoms with E-state index in [0.717, 1.165) is 11.3 Å². The molecule has 6 heteroatoms. The minimum Gasteiger partial charge on any atom is -0.363 e. The van der Waals surface area contributed by atoms with Gasteiger partial charge < -0.3 is 10.3 Å². The van der Waals surface area contributed by atoms with Gasteiger partial charge in [-0.25, -0.2) is 8.42 Å². The summed E-state index contributed by atoms with van der Waals surface area (Å²) in [4.78, 5) is 3.23. The Morgan fingerprint density at radius 1 is 1.30 bits per heavy atom. The highest BCUT2D eigenvalue weighted by Crippen LogP contribution is 2.23. The Morgan fingerprint density at radius 2 is 2.05 bits per heavy atom. The molecule has 0 bridgehead atoms. The van der Waals surface area contributed by atoms with Gasteiger partial charge in [-0.15, -0.1) is 0 Å². The van der Waals surface area contributed by atoms with E-state index in [-0.39, 0.29) is 4.90 Å². The number of anilines is 1. The first kappa shape index (κ1) is 14.6. The molecule has 0 saturated carbocycles. The maximum Gasteiger partial charge on any atom is 0.265 e. The van der Waals surface area contributed by atoms with E-state index in [1.54, 1.807) is 19.2 Å². The van der Waals surface area contributed by atoms with E-state index in [9.17, 15) is 8.42 Å².